The Hall–Kier alpha value is -2.57. The largest absolute Gasteiger partial charge is 0.493 e. The molecule has 0 saturated carbocycles. The van der Waals surface area contributed by atoms with Crippen LogP contribution in [0.15, 0.2) is 24.3 Å². The Labute approximate surface area is 134 Å². The lowest BCUT2D eigenvalue weighted by molar-refractivity contribution is -0.148. The van der Waals surface area contributed by atoms with Crippen molar-refractivity contribution in [3.63, 3.8) is 0 Å². The lowest BCUT2D eigenvalue weighted by atomic mass is 10.1. The van der Waals surface area contributed by atoms with Crippen LogP contribution in [0.3, 0.4) is 0 Å². The molecule has 0 radical (unpaired) electrons. The molecular weight excluding hydrogens is 302 g/mol. The van der Waals surface area contributed by atoms with Crippen LogP contribution >= 0.6 is 0 Å². The molecule has 1 aromatic rings. The maximum Gasteiger partial charge on any atom is 0.329 e. The van der Waals surface area contributed by atoms with Crippen LogP contribution in [0.1, 0.15) is 37.0 Å². The summed E-state index contributed by atoms with van der Waals surface area (Å²) in [6, 6.07) is 5.23. The molecule has 0 saturated heterocycles. The molecule has 7 nitrogen and oxygen atoms in total. The Morgan fingerprint density at radius 2 is 1.91 bits per heavy atom. The van der Waals surface area contributed by atoms with Gasteiger partial charge in [0, 0.05) is 6.42 Å². The summed E-state index contributed by atoms with van der Waals surface area (Å²) >= 11 is 0. The highest BCUT2D eigenvalue weighted by atomic mass is 16.5. The van der Waals surface area contributed by atoms with Gasteiger partial charge < -0.3 is 19.9 Å². The molecule has 1 aromatic carbocycles. The Bertz CT molecular complexity index is 557. The number of rotatable bonds is 9. The molecule has 0 aliphatic carbocycles. The van der Waals surface area contributed by atoms with E-state index in [2.05, 4.69) is 5.32 Å². The third kappa shape index (κ3) is 5.98. The van der Waals surface area contributed by atoms with Crippen LogP contribution < -0.4 is 10.1 Å². The summed E-state index contributed by atoms with van der Waals surface area (Å²) in [6.07, 6.45) is 0.911. The first kappa shape index (κ1) is 18.5. The zero-order chi connectivity index (χ0) is 17.2. The number of carboxylic acids is 1. The Morgan fingerprint density at radius 3 is 2.52 bits per heavy atom. The molecule has 0 fully saturated rings. The van der Waals surface area contributed by atoms with E-state index in [1.807, 2.05) is 6.92 Å². The number of carboxylic acid groups (broad SMARTS) is 1. The van der Waals surface area contributed by atoms with Gasteiger partial charge in [-0.1, -0.05) is 26.0 Å². The van der Waals surface area contributed by atoms with Crippen molar-refractivity contribution in [2.45, 2.75) is 32.7 Å². The summed E-state index contributed by atoms with van der Waals surface area (Å²) in [5.74, 6) is -2.04. The van der Waals surface area contributed by atoms with Crippen molar-refractivity contribution in [2.75, 3.05) is 13.2 Å². The van der Waals surface area contributed by atoms with Gasteiger partial charge in [0.1, 0.15) is 12.4 Å². The Kier molecular flexibility index (Phi) is 7.59. The van der Waals surface area contributed by atoms with Gasteiger partial charge in [0.2, 0.25) is 0 Å². The fourth-order valence-electron chi connectivity index (χ4n) is 1.68. The van der Waals surface area contributed by atoms with Gasteiger partial charge in [-0.05, 0) is 18.6 Å². The highest BCUT2D eigenvalue weighted by molar-refractivity contribution is 5.99. The maximum absolute atomic E-state index is 12.3. The van der Waals surface area contributed by atoms with Crippen LogP contribution in [-0.4, -0.2) is 42.2 Å². The number of esters is 1. The summed E-state index contributed by atoms with van der Waals surface area (Å²) in [6.45, 7) is 3.55. The molecule has 7 heteroatoms. The number of para-hydroxylation sites is 1. The predicted octanol–water partition coefficient (Wildman–Crippen LogP) is 1.61. The molecule has 0 spiro atoms. The number of hydrogen-bond acceptors (Lipinski definition) is 5. The third-order valence-electron chi connectivity index (χ3n) is 2.90. The van der Waals surface area contributed by atoms with Crippen LogP contribution in [0.4, 0.5) is 0 Å². The number of aliphatic carboxylic acids is 1. The summed E-state index contributed by atoms with van der Waals surface area (Å²) in [7, 11) is 0. The summed E-state index contributed by atoms with van der Waals surface area (Å²) in [5.41, 5.74) is 0.231. The average molecular weight is 323 g/mol. The summed E-state index contributed by atoms with van der Waals surface area (Å²) in [4.78, 5) is 34.6. The van der Waals surface area contributed by atoms with E-state index in [-0.39, 0.29) is 12.0 Å². The van der Waals surface area contributed by atoms with E-state index in [4.69, 9.17) is 14.6 Å². The van der Waals surface area contributed by atoms with Gasteiger partial charge in [0.25, 0.3) is 5.91 Å². The molecule has 1 atom stereocenters. The van der Waals surface area contributed by atoms with Crippen molar-refractivity contribution in [2.24, 2.45) is 0 Å². The summed E-state index contributed by atoms with van der Waals surface area (Å²) in [5, 5.41) is 11.5. The predicted molar refractivity (Wildman–Crippen MR) is 82.4 cm³/mol. The number of carbonyl (C=O) groups excluding carboxylic acids is 2. The second kappa shape index (κ2) is 9.45. The first-order valence-corrected chi connectivity index (χ1v) is 7.40. The highest BCUT2D eigenvalue weighted by Crippen LogP contribution is 2.18. The number of nitrogens with one attached hydrogen (secondary N) is 1. The van der Waals surface area contributed by atoms with E-state index in [0.717, 1.165) is 6.42 Å². The van der Waals surface area contributed by atoms with Crippen molar-refractivity contribution in [1.29, 1.82) is 0 Å². The first-order chi connectivity index (χ1) is 11.0. The minimum atomic E-state index is -1.32. The van der Waals surface area contributed by atoms with Gasteiger partial charge in [0.05, 0.1) is 12.2 Å². The van der Waals surface area contributed by atoms with E-state index >= 15 is 0 Å². The van der Waals surface area contributed by atoms with E-state index in [1.54, 1.807) is 25.1 Å². The minimum absolute atomic E-state index is 0.133. The zero-order valence-electron chi connectivity index (χ0n) is 13.2. The Balaban J connectivity index is 2.78. The molecular formula is C16H21NO6. The molecule has 1 amide bonds. The fraction of sp³-hybridized carbons (Fsp3) is 0.438. The number of hydrogen-bond donors (Lipinski definition) is 2. The lowest BCUT2D eigenvalue weighted by Crippen LogP contribution is -2.44. The van der Waals surface area contributed by atoms with E-state index in [0.29, 0.717) is 12.4 Å². The van der Waals surface area contributed by atoms with E-state index in [9.17, 15) is 14.4 Å². The molecule has 0 unspecified atom stereocenters. The SMILES string of the molecule is CCCOc1ccccc1C(=O)N[C@@H](COC(=O)CC)C(=O)O. The quantitative estimate of drug-likeness (QED) is 0.669. The number of amides is 1. The third-order valence-corrected chi connectivity index (χ3v) is 2.90. The molecule has 23 heavy (non-hydrogen) atoms. The molecule has 126 valence electrons. The van der Waals surface area contributed by atoms with Gasteiger partial charge >= 0.3 is 11.9 Å². The lowest BCUT2D eigenvalue weighted by Gasteiger charge is -2.16. The van der Waals surface area contributed by atoms with Crippen molar-refractivity contribution < 1.29 is 29.0 Å². The molecule has 0 aromatic heterocycles. The second-order valence-electron chi connectivity index (χ2n) is 4.75. The number of carbonyl (C=O) groups is 3. The van der Waals surface area contributed by atoms with Crippen molar-refractivity contribution in [3.8, 4) is 5.75 Å². The van der Waals surface area contributed by atoms with Crippen LogP contribution in [0, 0.1) is 0 Å². The first-order valence-electron chi connectivity index (χ1n) is 7.40. The molecule has 1 rings (SSSR count). The molecule has 0 heterocycles. The van der Waals surface area contributed by atoms with Gasteiger partial charge in [0.15, 0.2) is 6.04 Å². The highest BCUT2D eigenvalue weighted by Gasteiger charge is 2.23. The monoisotopic (exact) mass is 323 g/mol. The van der Waals surface area contributed by atoms with Crippen LogP contribution in [-0.2, 0) is 14.3 Å². The zero-order valence-corrected chi connectivity index (χ0v) is 13.2. The van der Waals surface area contributed by atoms with Gasteiger partial charge in [-0.2, -0.15) is 0 Å². The molecule has 2 N–H and O–H groups in total. The van der Waals surface area contributed by atoms with Crippen LogP contribution in [0.5, 0.6) is 5.75 Å². The minimum Gasteiger partial charge on any atom is -0.493 e. The fourth-order valence-corrected chi connectivity index (χ4v) is 1.68. The van der Waals surface area contributed by atoms with Gasteiger partial charge in [-0.3, -0.25) is 9.59 Å². The van der Waals surface area contributed by atoms with Gasteiger partial charge in [-0.15, -0.1) is 0 Å². The van der Waals surface area contributed by atoms with Crippen LogP contribution in [0.2, 0.25) is 0 Å². The smallest absolute Gasteiger partial charge is 0.329 e. The molecule has 0 aliphatic heterocycles. The maximum atomic E-state index is 12.3. The van der Waals surface area contributed by atoms with E-state index in [1.165, 1.54) is 6.07 Å². The van der Waals surface area contributed by atoms with Crippen molar-refractivity contribution >= 4 is 17.8 Å². The number of ether oxygens (including phenoxy) is 2. The topological polar surface area (TPSA) is 102 Å². The van der Waals surface area contributed by atoms with E-state index < -0.39 is 30.5 Å². The van der Waals surface area contributed by atoms with Crippen molar-refractivity contribution in [3.05, 3.63) is 29.8 Å². The number of benzene rings is 1. The normalized spacial score (nSPS) is 11.4. The van der Waals surface area contributed by atoms with Gasteiger partial charge in [-0.25, -0.2) is 4.79 Å². The average Bonchev–Trinajstić information content (AvgIpc) is 2.56. The summed E-state index contributed by atoms with van der Waals surface area (Å²) < 4.78 is 10.3. The second-order valence-corrected chi connectivity index (χ2v) is 4.75. The standard InChI is InChI=1S/C16H21NO6/c1-3-9-22-13-8-6-5-7-11(13)15(19)17-12(16(20)21)10-23-14(18)4-2/h5-8,12H,3-4,9-10H2,1-2H3,(H,17,19)(H,20,21)/t12-/m0/s1. The van der Waals surface area contributed by atoms with Crippen LogP contribution in [0.25, 0.3) is 0 Å². The molecule has 0 aliphatic rings. The molecule has 0 bridgehead atoms. The van der Waals surface area contributed by atoms with Crippen molar-refractivity contribution in [1.82, 2.24) is 5.32 Å². The Morgan fingerprint density at radius 1 is 1.22 bits per heavy atom.